The Kier molecular flexibility index (Phi) is 5.79. The lowest BCUT2D eigenvalue weighted by atomic mass is 10.3. The molecule has 0 aromatic rings. The van der Waals surface area contributed by atoms with Crippen molar-refractivity contribution in [1.29, 1.82) is 0 Å². The van der Waals surface area contributed by atoms with Gasteiger partial charge in [-0.2, -0.15) is 0 Å². The summed E-state index contributed by atoms with van der Waals surface area (Å²) in [7, 11) is 1.28. The molecule has 0 fully saturated rings. The molecule has 0 saturated carbocycles. The van der Waals surface area contributed by atoms with Crippen molar-refractivity contribution >= 4 is 6.16 Å². The second kappa shape index (κ2) is 6.46. The number of ether oxygens (including phenoxy) is 2. The van der Waals surface area contributed by atoms with E-state index in [1.807, 2.05) is 26.0 Å². The fraction of sp³-hybridized carbons (Fsp3) is 0.444. The van der Waals surface area contributed by atoms with Gasteiger partial charge >= 0.3 is 6.16 Å². The summed E-state index contributed by atoms with van der Waals surface area (Å²) in [6.45, 7) is 4.23. The summed E-state index contributed by atoms with van der Waals surface area (Å²) in [5.41, 5.74) is 1.20. The number of carbonyl (C=O) groups excluding carboxylic acids is 1. The molecule has 0 atom stereocenters. The van der Waals surface area contributed by atoms with E-state index in [2.05, 4.69) is 9.47 Å². The van der Waals surface area contributed by atoms with Crippen molar-refractivity contribution < 1.29 is 14.3 Å². The molecule has 0 heterocycles. The second-order valence-corrected chi connectivity index (χ2v) is 2.44. The molecular formula is C9H14O3. The molecule has 0 aliphatic rings. The molecule has 0 radical (unpaired) electrons. The second-order valence-electron chi connectivity index (χ2n) is 2.44. The summed E-state index contributed by atoms with van der Waals surface area (Å²) >= 11 is 0. The molecule has 0 aromatic carbocycles. The Morgan fingerprint density at radius 3 is 2.58 bits per heavy atom. The number of methoxy groups -OCH3 is 1. The first-order valence-electron chi connectivity index (χ1n) is 3.67. The van der Waals surface area contributed by atoms with E-state index in [0.717, 1.165) is 0 Å². The van der Waals surface area contributed by atoms with Gasteiger partial charge in [0.15, 0.2) is 0 Å². The average molecular weight is 170 g/mol. The number of hydrogen-bond acceptors (Lipinski definition) is 3. The molecule has 3 heteroatoms. The average Bonchev–Trinajstić information content (AvgIpc) is 2.03. The lowest BCUT2D eigenvalue weighted by molar-refractivity contribution is 0.0818. The van der Waals surface area contributed by atoms with E-state index >= 15 is 0 Å². The van der Waals surface area contributed by atoms with Crippen molar-refractivity contribution in [3.63, 3.8) is 0 Å². The Hall–Kier alpha value is -1.25. The number of rotatable bonds is 3. The Balaban J connectivity index is 3.49. The third-order valence-electron chi connectivity index (χ3n) is 1.03. The monoisotopic (exact) mass is 170 g/mol. The van der Waals surface area contributed by atoms with Crippen LogP contribution in [0.5, 0.6) is 0 Å². The summed E-state index contributed by atoms with van der Waals surface area (Å²) in [6, 6.07) is 0. The van der Waals surface area contributed by atoms with Crippen LogP contribution >= 0.6 is 0 Å². The number of carbonyl (C=O) groups is 1. The van der Waals surface area contributed by atoms with Crippen LogP contribution < -0.4 is 0 Å². The topological polar surface area (TPSA) is 35.5 Å². The van der Waals surface area contributed by atoms with Gasteiger partial charge in [-0.1, -0.05) is 17.7 Å². The molecule has 12 heavy (non-hydrogen) atoms. The zero-order chi connectivity index (χ0) is 9.40. The maximum atomic E-state index is 10.4. The molecule has 0 unspecified atom stereocenters. The fourth-order valence-electron chi connectivity index (χ4n) is 0.491. The van der Waals surface area contributed by atoms with Crippen LogP contribution in [-0.2, 0) is 9.47 Å². The molecule has 0 aliphatic heterocycles. The molecular weight excluding hydrogens is 156 g/mol. The normalized spacial score (nSPS) is 9.58. The molecule has 0 spiro atoms. The van der Waals surface area contributed by atoms with Gasteiger partial charge in [0.2, 0.25) is 0 Å². The largest absolute Gasteiger partial charge is 0.508 e. The van der Waals surface area contributed by atoms with Crippen LogP contribution in [0.3, 0.4) is 0 Å². The molecule has 3 nitrogen and oxygen atoms in total. The van der Waals surface area contributed by atoms with Crippen LogP contribution in [0.1, 0.15) is 13.8 Å². The van der Waals surface area contributed by atoms with Gasteiger partial charge in [0.25, 0.3) is 0 Å². The van der Waals surface area contributed by atoms with Crippen LogP contribution in [0.4, 0.5) is 4.79 Å². The minimum absolute atomic E-state index is 0.246. The Morgan fingerprint density at radius 2 is 2.08 bits per heavy atom. The van der Waals surface area contributed by atoms with Crippen LogP contribution in [0.2, 0.25) is 0 Å². The number of hydrogen-bond donors (Lipinski definition) is 0. The molecule has 0 amide bonds. The minimum Gasteiger partial charge on any atom is -0.438 e. The van der Waals surface area contributed by atoms with Gasteiger partial charge in [-0.15, -0.1) is 0 Å². The van der Waals surface area contributed by atoms with Crippen molar-refractivity contribution in [3.05, 3.63) is 23.8 Å². The van der Waals surface area contributed by atoms with Crippen molar-refractivity contribution in [1.82, 2.24) is 0 Å². The quantitative estimate of drug-likeness (QED) is 0.481. The van der Waals surface area contributed by atoms with Crippen LogP contribution in [0, 0.1) is 0 Å². The molecule has 0 saturated heterocycles. The smallest absolute Gasteiger partial charge is 0.438 e. The van der Waals surface area contributed by atoms with E-state index in [1.165, 1.54) is 12.7 Å². The van der Waals surface area contributed by atoms with Gasteiger partial charge in [-0.25, -0.2) is 4.79 Å². The van der Waals surface area contributed by atoms with Crippen LogP contribution in [-0.4, -0.2) is 19.9 Å². The maximum Gasteiger partial charge on any atom is 0.508 e. The lowest BCUT2D eigenvalue weighted by Gasteiger charge is -1.96. The van der Waals surface area contributed by atoms with E-state index in [9.17, 15) is 4.79 Å². The highest BCUT2D eigenvalue weighted by molar-refractivity contribution is 5.59. The Bertz CT molecular complexity index is 188. The molecule has 68 valence electrons. The first-order chi connectivity index (χ1) is 5.66. The third kappa shape index (κ3) is 6.86. The summed E-state index contributed by atoms with van der Waals surface area (Å²) in [5, 5.41) is 0. The summed E-state index contributed by atoms with van der Waals surface area (Å²) < 4.78 is 8.86. The zero-order valence-corrected chi connectivity index (χ0v) is 7.66. The third-order valence-corrected chi connectivity index (χ3v) is 1.03. The van der Waals surface area contributed by atoms with Gasteiger partial charge in [0, 0.05) is 0 Å². The highest BCUT2D eigenvalue weighted by atomic mass is 16.7. The first kappa shape index (κ1) is 10.8. The van der Waals surface area contributed by atoms with Crippen LogP contribution in [0.15, 0.2) is 23.8 Å². The van der Waals surface area contributed by atoms with Crippen molar-refractivity contribution in [2.75, 3.05) is 13.7 Å². The first-order valence-corrected chi connectivity index (χ1v) is 3.67. The summed E-state index contributed by atoms with van der Waals surface area (Å²) in [5.74, 6) is 0. The zero-order valence-electron chi connectivity index (χ0n) is 7.66. The predicted octanol–water partition coefficient (Wildman–Crippen LogP) is 2.29. The van der Waals surface area contributed by atoms with Gasteiger partial charge in [-0.3, -0.25) is 0 Å². The van der Waals surface area contributed by atoms with Gasteiger partial charge in [0.05, 0.1) is 7.11 Å². The van der Waals surface area contributed by atoms with E-state index < -0.39 is 6.16 Å². The minimum atomic E-state index is -0.656. The molecule has 0 aromatic heterocycles. The molecule has 0 N–H and O–H groups in total. The molecule has 0 aliphatic carbocycles. The van der Waals surface area contributed by atoms with E-state index in [4.69, 9.17) is 0 Å². The SMILES string of the molecule is COC(=O)OC/C=C/C=C(C)C. The highest BCUT2D eigenvalue weighted by Gasteiger charge is 1.94. The predicted molar refractivity (Wildman–Crippen MR) is 46.9 cm³/mol. The summed E-state index contributed by atoms with van der Waals surface area (Å²) in [4.78, 5) is 10.4. The maximum absolute atomic E-state index is 10.4. The standard InChI is InChI=1S/C9H14O3/c1-8(2)6-4-5-7-12-9(10)11-3/h4-6H,7H2,1-3H3/b5-4+. The summed E-state index contributed by atoms with van der Waals surface area (Å²) in [6.07, 6.45) is 4.85. The van der Waals surface area contributed by atoms with Gasteiger partial charge in [-0.05, 0) is 19.9 Å². The lowest BCUT2D eigenvalue weighted by Crippen LogP contribution is -2.03. The van der Waals surface area contributed by atoms with Crippen molar-refractivity contribution in [3.8, 4) is 0 Å². The van der Waals surface area contributed by atoms with E-state index in [-0.39, 0.29) is 6.61 Å². The number of allylic oxidation sites excluding steroid dienone is 3. The Labute approximate surface area is 72.7 Å². The van der Waals surface area contributed by atoms with Crippen LogP contribution in [0.25, 0.3) is 0 Å². The van der Waals surface area contributed by atoms with Crippen molar-refractivity contribution in [2.24, 2.45) is 0 Å². The van der Waals surface area contributed by atoms with Gasteiger partial charge in [0.1, 0.15) is 6.61 Å². The highest BCUT2D eigenvalue weighted by Crippen LogP contribution is 1.89. The molecule has 0 bridgehead atoms. The fourth-order valence-corrected chi connectivity index (χ4v) is 0.491. The van der Waals surface area contributed by atoms with E-state index in [1.54, 1.807) is 6.08 Å². The van der Waals surface area contributed by atoms with Gasteiger partial charge < -0.3 is 9.47 Å². The molecule has 0 rings (SSSR count). The van der Waals surface area contributed by atoms with E-state index in [0.29, 0.717) is 0 Å². The van der Waals surface area contributed by atoms with Crippen molar-refractivity contribution in [2.45, 2.75) is 13.8 Å². The Morgan fingerprint density at radius 1 is 1.42 bits per heavy atom.